The summed E-state index contributed by atoms with van der Waals surface area (Å²) in [7, 11) is 0. The lowest BCUT2D eigenvalue weighted by Crippen LogP contribution is -2.34. The van der Waals surface area contributed by atoms with Gasteiger partial charge in [-0.2, -0.15) is 5.26 Å². The number of nitriles is 1. The predicted octanol–water partition coefficient (Wildman–Crippen LogP) is 4.35. The number of aryl methyl sites for hydroxylation is 2. The van der Waals surface area contributed by atoms with E-state index in [4.69, 9.17) is 16.0 Å². The van der Waals surface area contributed by atoms with Gasteiger partial charge in [-0.25, -0.2) is 0 Å². The summed E-state index contributed by atoms with van der Waals surface area (Å²) in [6, 6.07) is 16.8. The molecular formula is C25H21ClN4O4. The average molecular weight is 477 g/mol. The number of rotatable bonds is 6. The molecule has 172 valence electrons. The van der Waals surface area contributed by atoms with Gasteiger partial charge in [0.05, 0.1) is 6.54 Å². The molecule has 0 bridgehead atoms. The Morgan fingerprint density at radius 1 is 0.941 bits per heavy atom. The van der Waals surface area contributed by atoms with Gasteiger partial charge in [0.25, 0.3) is 5.91 Å². The summed E-state index contributed by atoms with van der Waals surface area (Å²) in [6.45, 7) is 3.83. The molecule has 1 heterocycles. The molecule has 9 heteroatoms. The van der Waals surface area contributed by atoms with Gasteiger partial charge in [0.1, 0.15) is 23.2 Å². The Labute approximate surface area is 201 Å². The van der Waals surface area contributed by atoms with Crippen LogP contribution in [0.15, 0.2) is 64.6 Å². The van der Waals surface area contributed by atoms with Crippen LogP contribution in [0.1, 0.15) is 22.6 Å². The summed E-state index contributed by atoms with van der Waals surface area (Å²) in [5, 5.41) is 17.4. The molecule has 0 saturated heterocycles. The summed E-state index contributed by atoms with van der Waals surface area (Å²) in [4.78, 5) is 36.5. The Morgan fingerprint density at radius 3 is 2.38 bits per heavy atom. The monoisotopic (exact) mass is 476 g/mol. The van der Waals surface area contributed by atoms with E-state index in [0.717, 1.165) is 11.1 Å². The van der Waals surface area contributed by atoms with Gasteiger partial charge < -0.3 is 20.4 Å². The Hall–Kier alpha value is -4.35. The molecule has 3 amide bonds. The van der Waals surface area contributed by atoms with Crippen molar-refractivity contribution in [1.29, 1.82) is 5.26 Å². The van der Waals surface area contributed by atoms with Gasteiger partial charge >= 0.3 is 11.8 Å². The molecule has 0 fully saturated rings. The highest BCUT2D eigenvalue weighted by Gasteiger charge is 2.15. The highest BCUT2D eigenvalue weighted by atomic mass is 35.5. The number of carbonyl (C=O) groups excluding carboxylic acids is 3. The van der Waals surface area contributed by atoms with Crippen molar-refractivity contribution in [3.8, 4) is 6.07 Å². The van der Waals surface area contributed by atoms with E-state index < -0.39 is 17.7 Å². The number of anilines is 2. The fourth-order valence-corrected chi connectivity index (χ4v) is 3.07. The van der Waals surface area contributed by atoms with Crippen LogP contribution in [-0.2, 0) is 20.9 Å². The quantitative estimate of drug-likeness (QED) is 0.277. The number of hydrogen-bond acceptors (Lipinski definition) is 5. The molecule has 3 N–H and O–H groups in total. The van der Waals surface area contributed by atoms with Crippen LogP contribution in [0.25, 0.3) is 6.08 Å². The van der Waals surface area contributed by atoms with Crippen LogP contribution in [-0.4, -0.2) is 17.7 Å². The second-order valence-corrected chi connectivity index (χ2v) is 7.81. The molecule has 3 rings (SSSR count). The molecule has 8 nitrogen and oxygen atoms in total. The maximum Gasteiger partial charge on any atom is 0.313 e. The zero-order valence-corrected chi connectivity index (χ0v) is 19.2. The fraction of sp³-hybridized carbons (Fsp3) is 0.120. The van der Waals surface area contributed by atoms with E-state index >= 15 is 0 Å². The lowest BCUT2D eigenvalue weighted by atomic mass is 10.1. The van der Waals surface area contributed by atoms with Gasteiger partial charge in [-0.3, -0.25) is 14.4 Å². The molecule has 34 heavy (non-hydrogen) atoms. The zero-order valence-electron chi connectivity index (χ0n) is 18.4. The number of hydrogen-bond donors (Lipinski definition) is 3. The molecular weight excluding hydrogens is 456 g/mol. The van der Waals surface area contributed by atoms with Gasteiger partial charge in [0.15, 0.2) is 0 Å². The van der Waals surface area contributed by atoms with Crippen LogP contribution in [0.3, 0.4) is 0 Å². The van der Waals surface area contributed by atoms with Crippen LogP contribution in [0.2, 0.25) is 5.02 Å². The highest BCUT2D eigenvalue weighted by Crippen LogP contribution is 2.17. The molecule has 1 aromatic heterocycles. The number of furan rings is 1. The lowest BCUT2D eigenvalue weighted by Gasteiger charge is -2.07. The van der Waals surface area contributed by atoms with Crippen LogP contribution < -0.4 is 16.0 Å². The lowest BCUT2D eigenvalue weighted by molar-refractivity contribution is -0.136. The largest absolute Gasteiger partial charge is 0.460 e. The first-order chi connectivity index (χ1) is 16.2. The fourth-order valence-electron chi connectivity index (χ4n) is 2.88. The molecule has 0 saturated carbocycles. The summed E-state index contributed by atoms with van der Waals surface area (Å²) in [5.41, 5.74) is 2.92. The third kappa shape index (κ3) is 6.58. The van der Waals surface area contributed by atoms with Gasteiger partial charge in [-0.15, -0.1) is 0 Å². The number of nitrogens with zero attached hydrogens (tertiary/aromatic N) is 1. The van der Waals surface area contributed by atoms with Crippen molar-refractivity contribution in [2.45, 2.75) is 20.4 Å². The molecule has 2 aromatic carbocycles. The van der Waals surface area contributed by atoms with Crippen molar-refractivity contribution in [2.24, 2.45) is 0 Å². The molecule has 0 atom stereocenters. The Morgan fingerprint density at radius 2 is 1.68 bits per heavy atom. The van der Waals surface area contributed by atoms with Gasteiger partial charge in [-0.05, 0) is 67.4 Å². The van der Waals surface area contributed by atoms with Crippen LogP contribution in [0.4, 0.5) is 11.4 Å². The molecule has 0 aliphatic heterocycles. The number of benzene rings is 2. The van der Waals surface area contributed by atoms with Crippen molar-refractivity contribution in [1.82, 2.24) is 5.32 Å². The molecule has 0 aliphatic carbocycles. The number of nitrogens with one attached hydrogen (secondary N) is 3. The highest BCUT2D eigenvalue weighted by molar-refractivity contribution is 6.39. The predicted molar refractivity (Wildman–Crippen MR) is 129 cm³/mol. The third-order valence-electron chi connectivity index (χ3n) is 4.81. The van der Waals surface area contributed by atoms with Crippen molar-refractivity contribution in [3.05, 3.63) is 87.8 Å². The number of halogens is 1. The van der Waals surface area contributed by atoms with E-state index in [1.165, 1.54) is 12.1 Å². The summed E-state index contributed by atoms with van der Waals surface area (Å²) in [6.07, 6.45) is 1.30. The van der Waals surface area contributed by atoms with E-state index in [1.54, 1.807) is 36.4 Å². The van der Waals surface area contributed by atoms with Crippen molar-refractivity contribution in [2.75, 3.05) is 10.6 Å². The first kappa shape index (κ1) is 24.3. The smallest absolute Gasteiger partial charge is 0.313 e. The summed E-state index contributed by atoms with van der Waals surface area (Å²) >= 11 is 5.86. The average Bonchev–Trinajstić information content (AvgIpc) is 3.25. The van der Waals surface area contributed by atoms with Crippen molar-refractivity contribution in [3.63, 3.8) is 0 Å². The maximum atomic E-state index is 12.5. The Balaban J connectivity index is 1.58. The second kappa shape index (κ2) is 11.0. The molecule has 0 spiro atoms. The molecule has 0 radical (unpaired) electrons. The van der Waals surface area contributed by atoms with E-state index in [-0.39, 0.29) is 17.9 Å². The van der Waals surface area contributed by atoms with Crippen molar-refractivity contribution >= 4 is 46.8 Å². The Bertz CT molecular complexity index is 1320. The van der Waals surface area contributed by atoms with Crippen LogP contribution in [0.5, 0.6) is 0 Å². The van der Waals surface area contributed by atoms with Crippen LogP contribution >= 0.6 is 11.6 Å². The normalized spacial score (nSPS) is 10.8. The van der Waals surface area contributed by atoms with E-state index in [1.807, 2.05) is 32.0 Å². The van der Waals surface area contributed by atoms with E-state index in [2.05, 4.69) is 16.0 Å². The molecule has 3 aromatic rings. The van der Waals surface area contributed by atoms with Gasteiger partial charge in [0, 0.05) is 22.5 Å². The first-order valence-corrected chi connectivity index (χ1v) is 10.6. The second-order valence-electron chi connectivity index (χ2n) is 7.37. The minimum Gasteiger partial charge on any atom is -0.460 e. The summed E-state index contributed by atoms with van der Waals surface area (Å²) in [5.74, 6) is -1.71. The minimum atomic E-state index is -0.862. The van der Waals surface area contributed by atoms with Gasteiger partial charge in [-0.1, -0.05) is 23.7 Å². The van der Waals surface area contributed by atoms with Crippen molar-refractivity contribution < 1.29 is 18.8 Å². The third-order valence-corrected chi connectivity index (χ3v) is 5.05. The molecule has 0 aliphatic rings. The van der Waals surface area contributed by atoms with E-state index in [0.29, 0.717) is 22.2 Å². The maximum absolute atomic E-state index is 12.5. The van der Waals surface area contributed by atoms with Crippen LogP contribution in [0, 0.1) is 25.2 Å². The van der Waals surface area contributed by atoms with E-state index in [9.17, 15) is 19.6 Å². The first-order valence-electron chi connectivity index (χ1n) is 10.2. The Kier molecular flexibility index (Phi) is 7.85. The van der Waals surface area contributed by atoms with Gasteiger partial charge in [0.2, 0.25) is 0 Å². The zero-order chi connectivity index (χ0) is 24.7. The standard InChI is InChI=1S/C25H21ClN4O4/c1-15-6-7-20(10-16(15)2)29-23(31)17(13-27)11-21-8-9-22(34-21)14-28-24(32)25(33)30-19-5-3-4-18(26)12-19/h3-12H,14H2,1-2H3,(H,28,32)(H,29,31)(H,30,33)/b17-11-. The minimum absolute atomic E-state index is 0.0631. The number of amides is 3. The number of carbonyl (C=O) groups is 3. The topological polar surface area (TPSA) is 124 Å². The summed E-state index contributed by atoms with van der Waals surface area (Å²) < 4.78 is 5.54. The molecule has 0 unspecified atom stereocenters. The SMILES string of the molecule is Cc1ccc(NC(=O)/C(C#N)=C\c2ccc(CNC(=O)C(=O)Nc3cccc(Cl)c3)o2)cc1C.